The van der Waals surface area contributed by atoms with Crippen LogP contribution >= 0.6 is 0 Å². The van der Waals surface area contributed by atoms with Crippen molar-refractivity contribution in [3.8, 4) is 11.1 Å². The number of hydrogen-bond donors (Lipinski definition) is 5. The van der Waals surface area contributed by atoms with Crippen LogP contribution in [0.2, 0.25) is 0 Å². The molecule has 1 aliphatic rings. The Morgan fingerprint density at radius 3 is 2.69 bits per heavy atom. The van der Waals surface area contributed by atoms with Crippen molar-refractivity contribution < 1.29 is 24.2 Å². The Kier molecular flexibility index (Phi) is 9.66. The first-order valence-corrected chi connectivity index (χ1v) is 12.6. The molecule has 1 saturated heterocycles. The molecule has 0 spiro atoms. The Bertz CT molecular complexity index is 1050. The molecule has 0 saturated carbocycles. The maximum absolute atomic E-state index is 15.4. The van der Waals surface area contributed by atoms with Gasteiger partial charge in [0.1, 0.15) is 5.82 Å². The molecule has 196 valence electrons. The van der Waals surface area contributed by atoms with Crippen LogP contribution < -0.4 is 16.4 Å². The minimum atomic E-state index is -1.48. The van der Waals surface area contributed by atoms with Gasteiger partial charge in [0.05, 0.1) is 5.60 Å². The van der Waals surface area contributed by atoms with Gasteiger partial charge in [-0.25, -0.2) is 14.0 Å². The van der Waals surface area contributed by atoms with E-state index in [4.69, 9.17) is 10.8 Å². The number of amides is 3. The molecule has 0 aromatic heterocycles. The molecule has 1 unspecified atom stereocenters. The molecule has 6 N–H and O–H groups in total. The minimum absolute atomic E-state index is 0.154. The van der Waals surface area contributed by atoms with E-state index in [2.05, 4.69) is 10.6 Å². The second-order valence-corrected chi connectivity index (χ2v) is 9.28. The van der Waals surface area contributed by atoms with Gasteiger partial charge in [-0.3, -0.25) is 0 Å². The summed E-state index contributed by atoms with van der Waals surface area (Å²) in [5.74, 6) is -0.800. The van der Waals surface area contributed by atoms with Gasteiger partial charge in [0.15, 0.2) is 0 Å². The Balaban J connectivity index is 2.02. The molecule has 2 aromatic carbocycles. The van der Waals surface area contributed by atoms with Crippen LogP contribution in [-0.2, 0) is 12.0 Å². The second kappa shape index (κ2) is 12.7. The van der Waals surface area contributed by atoms with Crippen LogP contribution in [0.5, 0.6) is 0 Å². The fourth-order valence-electron chi connectivity index (χ4n) is 5.08. The number of urea groups is 1. The first-order valence-electron chi connectivity index (χ1n) is 12.6. The monoisotopic (exact) mass is 500 g/mol. The number of carboxylic acid groups (broad SMARTS) is 1. The molecule has 2 aromatic rings. The van der Waals surface area contributed by atoms with Crippen LogP contribution in [0.1, 0.15) is 43.7 Å². The summed E-state index contributed by atoms with van der Waals surface area (Å²) in [6.45, 7) is 3.71. The molecule has 0 bridgehead atoms. The van der Waals surface area contributed by atoms with Crippen LogP contribution in [0.25, 0.3) is 11.1 Å². The van der Waals surface area contributed by atoms with Crippen molar-refractivity contribution in [2.24, 2.45) is 11.7 Å². The summed E-state index contributed by atoms with van der Waals surface area (Å²) in [6.07, 6.45) is 1.55. The highest BCUT2D eigenvalue weighted by Gasteiger charge is 2.43. The number of nitrogens with one attached hydrogen (secondary N) is 2. The van der Waals surface area contributed by atoms with E-state index in [1.807, 2.05) is 31.2 Å². The number of hydrogen-bond acceptors (Lipinski definition) is 4. The van der Waals surface area contributed by atoms with Crippen molar-refractivity contribution >= 4 is 12.1 Å². The van der Waals surface area contributed by atoms with E-state index < -0.39 is 17.5 Å². The lowest BCUT2D eigenvalue weighted by atomic mass is 9.72. The number of benzene rings is 2. The topological polar surface area (TPSA) is 128 Å². The van der Waals surface area contributed by atoms with Crippen molar-refractivity contribution in [2.45, 2.75) is 44.6 Å². The lowest BCUT2D eigenvalue weighted by Crippen LogP contribution is -2.51. The number of aliphatic hydroxyl groups is 1. The Hall–Kier alpha value is -3.17. The van der Waals surface area contributed by atoms with Gasteiger partial charge in [0.2, 0.25) is 0 Å². The summed E-state index contributed by atoms with van der Waals surface area (Å²) in [4.78, 5) is 25.3. The Morgan fingerprint density at radius 1 is 1.19 bits per heavy atom. The van der Waals surface area contributed by atoms with E-state index in [0.29, 0.717) is 62.1 Å². The van der Waals surface area contributed by atoms with Crippen LogP contribution in [-0.4, -0.2) is 60.0 Å². The highest BCUT2D eigenvalue weighted by Crippen LogP contribution is 2.44. The summed E-state index contributed by atoms with van der Waals surface area (Å²) in [7, 11) is 0. The zero-order chi connectivity index (χ0) is 26.1. The van der Waals surface area contributed by atoms with E-state index in [1.54, 1.807) is 17.0 Å². The zero-order valence-corrected chi connectivity index (χ0v) is 20.8. The zero-order valence-electron chi connectivity index (χ0n) is 20.8. The van der Waals surface area contributed by atoms with E-state index >= 15 is 4.39 Å². The van der Waals surface area contributed by atoms with E-state index in [1.165, 1.54) is 6.07 Å². The molecule has 1 heterocycles. The third-order valence-electron chi connectivity index (χ3n) is 6.92. The highest BCUT2D eigenvalue weighted by atomic mass is 19.1. The molecule has 2 atom stereocenters. The number of nitrogens with two attached hydrogens (primary N) is 1. The van der Waals surface area contributed by atoms with Crippen LogP contribution in [0, 0.1) is 11.7 Å². The Morgan fingerprint density at radius 2 is 1.97 bits per heavy atom. The van der Waals surface area contributed by atoms with E-state index in [0.717, 1.165) is 12.0 Å². The van der Waals surface area contributed by atoms with E-state index in [-0.39, 0.29) is 24.9 Å². The van der Waals surface area contributed by atoms with Gasteiger partial charge in [-0.1, -0.05) is 43.3 Å². The van der Waals surface area contributed by atoms with Crippen molar-refractivity contribution in [3.05, 3.63) is 59.4 Å². The Labute approximate surface area is 211 Å². The number of nitrogens with zero attached hydrogens (tertiary/aromatic N) is 1. The van der Waals surface area contributed by atoms with Gasteiger partial charge < -0.3 is 31.5 Å². The fraction of sp³-hybridized carbons (Fsp3) is 0.481. The maximum Gasteiger partial charge on any atom is 0.404 e. The largest absolute Gasteiger partial charge is 0.465 e. The molecular formula is C27H37FN4O4. The van der Waals surface area contributed by atoms with Crippen LogP contribution in [0.15, 0.2) is 42.5 Å². The number of carbonyl (C=O) groups is 2. The average Bonchev–Trinajstić information content (AvgIpc) is 2.89. The summed E-state index contributed by atoms with van der Waals surface area (Å²) in [6, 6.07) is 12.1. The lowest BCUT2D eigenvalue weighted by molar-refractivity contribution is -0.0548. The van der Waals surface area contributed by atoms with Crippen molar-refractivity contribution in [3.63, 3.8) is 0 Å². The predicted octanol–water partition coefficient (Wildman–Crippen LogP) is 3.67. The lowest BCUT2D eigenvalue weighted by Gasteiger charge is -2.43. The molecule has 0 aliphatic carbocycles. The predicted molar refractivity (Wildman–Crippen MR) is 137 cm³/mol. The first kappa shape index (κ1) is 27.4. The summed E-state index contributed by atoms with van der Waals surface area (Å²) < 4.78 is 15.4. The average molecular weight is 501 g/mol. The van der Waals surface area contributed by atoms with Crippen molar-refractivity contribution in [1.82, 2.24) is 15.5 Å². The number of carbonyl (C=O) groups excluding carboxylic acids is 1. The number of piperidine rings is 1. The molecular weight excluding hydrogens is 463 g/mol. The minimum Gasteiger partial charge on any atom is -0.465 e. The molecule has 8 nitrogen and oxygen atoms in total. The summed E-state index contributed by atoms with van der Waals surface area (Å²) in [5.41, 5.74) is 6.57. The standard InChI is InChI=1S/C27H37FN4O4/c1-2-19-7-3-8-20(17-19)24-22(10-4-11-23(24)28)27(36,12-6-14-31-26(34)35)21-9-5-16-32(18-21)25(33)30-15-13-29/h3-4,7-8,10-11,17,21,31,36H,2,5-6,9,12-16,18,29H2,1H3,(H,30,33)(H,34,35)/t21-,27?/m1/s1. The number of rotatable bonds is 10. The third-order valence-corrected chi connectivity index (χ3v) is 6.92. The van der Waals surface area contributed by atoms with E-state index in [9.17, 15) is 14.7 Å². The molecule has 1 aliphatic heterocycles. The summed E-state index contributed by atoms with van der Waals surface area (Å²) in [5, 5.41) is 26.4. The van der Waals surface area contributed by atoms with Gasteiger partial charge in [0.25, 0.3) is 0 Å². The van der Waals surface area contributed by atoms with Gasteiger partial charge >= 0.3 is 12.1 Å². The number of aryl methyl sites for hydroxylation is 1. The van der Waals surface area contributed by atoms with Gasteiger partial charge in [-0.15, -0.1) is 0 Å². The van der Waals surface area contributed by atoms with Crippen LogP contribution in [0.4, 0.5) is 14.0 Å². The normalized spacial score (nSPS) is 17.3. The summed E-state index contributed by atoms with van der Waals surface area (Å²) >= 11 is 0. The third kappa shape index (κ3) is 6.53. The number of likely N-dealkylation sites (tertiary alicyclic amines) is 1. The van der Waals surface area contributed by atoms with Gasteiger partial charge in [0, 0.05) is 44.2 Å². The fourth-order valence-corrected chi connectivity index (χ4v) is 5.08. The second-order valence-electron chi connectivity index (χ2n) is 9.28. The quantitative estimate of drug-likeness (QED) is 0.318. The SMILES string of the molecule is CCc1cccc(-c2c(F)cccc2C(O)(CCCNC(=O)O)[C@@H]2CCCN(C(=O)NCCN)C2)c1. The smallest absolute Gasteiger partial charge is 0.404 e. The maximum atomic E-state index is 15.4. The molecule has 3 amide bonds. The van der Waals surface area contributed by atoms with Crippen molar-refractivity contribution in [1.29, 1.82) is 0 Å². The molecule has 3 rings (SSSR count). The van der Waals surface area contributed by atoms with Crippen LogP contribution in [0.3, 0.4) is 0 Å². The first-order chi connectivity index (χ1) is 17.3. The molecule has 9 heteroatoms. The van der Waals surface area contributed by atoms with Gasteiger partial charge in [-0.05, 0) is 54.9 Å². The van der Waals surface area contributed by atoms with Gasteiger partial charge in [-0.2, -0.15) is 0 Å². The molecule has 1 fully saturated rings. The molecule has 0 radical (unpaired) electrons. The molecule has 36 heavy (non-hydrogen) atoms. The highest BCUT2D eigenvalue weighted by molar-refractivity contribution is 5.74. The number of halogens is 1. The van der Waals surface area contributed by atoms with Crippen molar-refractivity contribution in [2.75, 3.05) is 32.7 Å².